The standard InChI is InChI=1S/C14H13ClN2OS/c15-9-5-4-6-10-11(9)12(16)13(19-10)14(18)17-7-2-1-3-8-17/h1-2,4-6H,3,7-8,16H2. The van der Waals surface area contributed by atoms with Gasteiger partial charge in [0.25, 0.3) is 5.91 Å². The van der Waals surface area contributed by atoms with Gasteiger partial charge in [-0.05, 0) is 18.6 Å². The predicted molar refractivity (Wildman–Crippen MR) is 80.9 cm³/mol. The minimum absolute atomic E-state index is 0.000818. The molecule has 19 heavy (non-hydrogen) atoms. The first-order valence-electron chi connectivity index (χ1n) is 6.09. The van der Waals surface area contributed by atoms with E-state index in [2.05, 4.69) is 6.08 Å². The maximum atomic E-state index is 12.5. The van der Waals surface area contributed by atoms with E-state index in [1.807, 2.05) is 23.1 Å². The molecule has 0 spiro atoms. The molecule has 1 aromatic carbocycles. The first kappa shape index (κ1) is 12.5. The quantitative estimate of drug-likeness (QED) is 0.817. The number of hydrogen-bond donors (Lipinski definition) is 1. The van der Waals surface area contributed by atoms with Crippen LogP contribution >= 0.6 is 22.9 Å². The molecule has 1 aromatic heterocycles. The second-order valence-electron chi connectivity index (χ2n) is 4.47. The number of anilines is 1. The van der Waals surface area contributed by atoms with E-state index in [0.29, 0.717) is 22.1 Å². The van der Waals surface area contributed by atoms with Gasteiger partial charge in [-0.2, -0.15) is 0 Å². The van der Waals surface area contributed by atoms with Crippen molar-refractivity contribution in [3.8, 4) is 0 Å². The van der Waals surface area contributed by atoms with Crippen LogP contribution in [0.1, 0.15) is 16.1 Å². The minimum atomic E-state index is -0.000818. The van der Waals surface area contributed by atoms with Gasteiger partial charge in [0, 0.05) is 23.2 Å². The molecule has 0 saturated heterocycles. The molecule has 0 unspecified atom stereocenters. The lowest BCUT2D eigenvalue weighted by Crippen LogP contribution is -2.33. The Hall–Kier alpha value is -1.52. The second-order valence-corrected chi connectivity index (χ2v) is 5.93. The Morgan fingerprint density at radius 1 is 1.37 bits per heavy atom. The van der Waals surface area contributed by atoms with Crippen molar-refractivity contribution < 1.29 is 4.79 Å². The molecule has 0 bridgehead atoms. The van der Waals surface area contributed by atoms with Crippen LogP contribution in [0.3, 0.4) is 0 Å². The number of nitrogen functional groups attached to an aromatic ring is 1. The molecule has 2 N–H and O–H groups in total. The van der Waals surface area contributed by atoms with Crippen LogP contribution in [-0.2, 0) is 0 Å². The van der Waals surface area contributed by atoms with E-state index in [1.54, 1.807) is 6.07 Å². The highest BCUT2D eigenvalue weighted by Gasteiger charge is 2.22. The fourth-order valence-electron chi connectivity index (χ4n) is 2.26. The van der Waals surface area contributed by atoms with E-state index < -0.39 is 0 Å². The molecule has 0 radical (unpaired) electrons. The van der Waals surface area contributed by atoms with Crippen molar-refractivity contribution in [3.63, 3.8) is 0 Å². The van der Waals surface area contributed by atoms with Crippen molar-refractivity contribution >= 4 is 44.6 Å². The number of fused-ring (bicyclic) bond motifs is 1. The molecule has 0 fully saturated rings. The smallest absolute Gasteiger partial charge is 0.266 e. The zero-order chi connectivity index (χ0) is 13.4. The van der Waals surface area contributed by atoms with Gasteiger partial charge in [0.15, 0.2) is 0 Å². The van der Waals surface area contributed by atoms with Crippen molar-refractivity contribution in [1.29, 1.82) is 0 Å². The number of halogens is 1. The molecule has 5 heteroatoms. The van der Waals surface area contributed by atoms with E-state index in [-0.39, 0.29) is 5.91 Å². The maximum Gasteiger partial charge on any atom is 0.266 e. The monoisotopic (exact) mass is 292 g/mol. The Morgan fingerprint density at radius 2 is 2.21 bits per heavy atom. The van der Waals surface area contributed by atoms with E-state index in [9.17, 15) is 4.79 Å². The van der Waals surface area contributed by atoms with E-state index in [4.69, 9.17) is 17.3 Å². The minimum Gasteiger partial charge on any atom is -0.397 e. The topological polar surface area (TPSA) is 46.3 Å². The molecular weight excluding hydrogens is 280 g/mol. The third-order valence-electron chi connectivity index (χ3n) is 3.24. The van der Waals surface area contributed by atoms with E-state index >= 15 is 0 Å². The summed E-state index contributed by atoms with van der Waals surface area (Å²) in [6.07, 6.45) is 5.00. The highest BCUT2D eigenvalue weighted by molar-refractivity contribution is 7.21. The highest BCUT2D eigenvalue weighted by atomic mass is 35.5. The predicted octanol–water partition coefficient (Wildman–Crippen LogP) is 3.54. The molecule has 1 aliphatic heterocycles. The summed E-state index contributed by atoms with van der Waals surface area (Å²) in [5.74, 6) is -0.000818. The van der Waals surface area contributed by atoms with Gasteiger partial charge in [-0.3, -0.25) is 4.79 Å². The molecule has 1 amide bonds. The number of nitrogens with two attached hydrogens (primary N) is 1. The van der Waals surface area contributed by atoms with Crippen molar-refractivity contribution in [2.24, 2.45) is 0 Å². The third-order valence-corrected chi connectivity index (χ3v) is 4.71. The molecule has 2 heterocycles. The van der Waals surface area contributed by atoms with Gasteiger partial charge >= 0.3 is 0 Å². The Balaban J connectivity index is 2.05. The van der Waals surface area contributed by atoms with Gasteiger partial charge in [0.05, 0.1) is 10.7 Å². The Kier molecular flexibility index (Phi) is 3.21. The normalized spacial score (nSPS) is 15.1. The van der Waals surface area contributed by atoms with Crippen molar-refractivity contribution in [3.05, 3.63) is 40.3 Å². The molecule has 0 saturated carbocycles. The van der Waals surface area contributed by atoms with Gasteiger partial charge in [-0.25, -0.2) is 0 Å². The summed E-state index contributed by atoms with van der Waals surface area (Å²) in [6.45, 7) is 1.40. The summed E-state index contributed by atoms with van der Waals surface area (Å²) in [6, 6.07) is 5.61. The van der Waals surface area contributed by atoms with Crippen LogP contribution in [0.25, 0.3) is 10.1 Å². The van der Waals surface area contributed by atoms with Gasteiger partial charge < -0.3 is 10.6 Å². The lowest BCUT2D eigenvalue weighted by atomic mass is 10.2. The number of nitrogens with zero attached hydrogens (tertiary/aromatic N) is 1. The van der Waals surface area contributed by atoms with Crippen LogP contribution in [0.2, 0.25) is 5.02 Å². The number of benzene rings is 1. The van der Waals surface area contributed by atoms with Crippen LogP contribution in [0.5, 0.6) is 0 Å². The fraction of sp³-hybridized carbons (Fsp3) is 0.214. The van der Waals surface area contributed by atoms with Crippen LogP contribution in [0, 0.1) is 0 Å². The summed E-state index contributed by atoms with van der Waals surface area (Å²) >= 11 is 7.57. The molecule has 0 atom stereocenters. The lowest BCUT2D eigenvalue weighted by molar-refractivity contribution is 0.0777. The Bertz CT molecular complexity index is 677. The molecule has 2 aromatic rings. The summed E-state index contributed by atoms with van der Waals surface area (Å²) in [5.41, 5.74) is 6.61. The van der Waals surface area contributed by atoms with Crippen molar-refractivity contribution in [1.82, 2.24) is 4.90 Å². The van der Waals surface area contributed by atoms with Gasteiger partial charge in [0.1, 0.15) is 4.88 Å². The molecule has 3 nitrogen and oxygen atoms in total. The van der Waals surface area contributed by atoms with Crippen LogP contribution in [-0.4, -0.2) is 23.9 Å². The molecule has 0 aliphatic carbocycles. The van der Waals surface area contributed by atoms with Gasteiger partial charge in [-0.15, -0.1) is 11.3 Å². The average molecular weight is 293 g/mol. The van der Waals surface area contributed by atoms with Crippen molar-refractivity contribution in [2.75, 3.05) is 18.8 Å². The second kappa shape index (κ2) is 4.87. The van der Waals surface area contributed by atoms with E-state index in [1.165, 1.54) is 11.3 Å². The number of rotatable bonds is 1. The Labute approximate surface area is 120 Å². The first-order valence-corrected chi connectivity index (χ1v) is 7.28. The SMILES string of the molecule is Nc1c(C(=O)N2CC=CCC2)sc2cccc(Cl)c12. The summed E-state index contributed by atoms with van der Waals surface area (Å²) in [5, 5.41) is 1.40. The third kappa shape index (κ3) is 2.11. The first-order chi connectivity index (χ1) is 9.18. The maximum absolute atomic E-state index is 12.5. The summed E-state index contributed by atoms with van der Waals surface area (Å²) < 4.78 is 0.959. The molecular formula is C14H13ClN2OS. The Morgan fingerprint density at radius 3 is 2.89 bits per heavy atom. The van der Waals surface area contributed by atoms with Crippen LogP contribution in [0.15, 0.2) is 30.4 Å². The number of amides is 1. The highest BCUT2D eigenvalue weighted by Crippen LogP contribution is 2.38. The van der Waals surface area contributed by atoms with E-state index in [0.717, 1.165) is 23.1 Å². The average Bonchev–Trinajstić information content (AvgIpc) is 2.78. The molecule has 3 rings (SSSR count). The largest absolute Gasteiger partial charge is 0.397 e. The van der Waals surface area contributed by atoms with Crippen molar-refractivity contribution in [2.45, 2.75) is 6.42 Å². The number of hydrogen-bond acceptors (Lipinski definition) is 3. The zero-order valence-corrected chi connectivity index (χ0v) is 11.8. The number of carbonyl (C=O) groups is 1. The summed E-state index contributed by atoms with van der Waals surface area (Å²) in [7, 11) is 0. The van der Waals surface area contributed by atoms with Gasteiger partial charge in [-0.1, -0.05) is 29.8 Å². The number of thiophene rings is 1. The molecule has 1 aliphatic rings. The van der Waals surface area contributed by atoms with Crippen LogP contribution in [0.4, 0.5) is 5.69 Å². The van der Waals surface area contributed by atoms with Gasteiger partial charge in [0.2, 0.25) is 0 Å². The lowest BCUT2D eigenvalue weighted by Gasteiger charge is -2.22. The number of carbonyl (C=O) groups excluding carboxylic acids is 1. The summed E-state index contributed by atoms with van der Waals surface area (Å²) in [4.78, 5) is 14.9. The van der Waals surface area contributed by atoms with Crippen LogP contribution < -0.4 is 5.73 Å². The zero-order valence-electron chi connectivity index (χ0n) is 10.2. The molecule has 98 valence electrons. The fourth-order valence-corrected chi connectivity index (χ4v) is 3.71.